The van der Waals surface area contributed by atoms with Crippen LogP contribution in [0.2, 0.25) is 0 Å². The largest absolute Gasteiger partial charge is 0.373 e. The Bertz CT molecular complexity index is 527. The van der Waals surface area contributed by atoms with Crippen LogP contribution in [0.15, 0.2) is 29.9 Å². The number of carbonyl (C=O) groups is 1. The number of amides is 1. The van der Waals surface area contributed by atoms with Gasteiger partial charge in [-0.2, -0.15) is 0 Å². The fraction of sp³-hybridized carbons (Fsp3) is 0.250. The Hall–Kier alpha value is -1.95. The zero-order valence-corrected chi connectivity index (χ0v) is 11.0. The number of rotatable bonds is 4. The summed E-state index contributed by atoms with van der Waals surface area (Å²) in [5.74, 6) is 0.543. The van der Waals surface area contributed by atoms with Gasteiger partial charge < -0.3 is 10.6 Å². The van der Waals surface area contributed by atoms with E-state index in [2.05, 4.69) is 20.6 Å². The Morgan fingerprint density at radius 3 is 2.89 bits per heavy atom. The highest BCUT2D eigenvalue weighted by Crippen LogP contribution is 2.15. The number of hydrogen-bond donors (Lipinski definition) is 2. The number of thiazole rings is 1. The maximum absolute atomic E-state index is 12.0. The summed E-state index contributed by atoms with van der Waals surface area (Å²) in [4.78, 5) is 20.3. The summed E-state index contributed by atoms with van der Waals surface area (Å²) in [5, 5.41) is 8.59. The van der Waals surface area contributed by atoms with Gasteiger partial charge in [-0.15, -0.1) is 11.3 Å². The molecule has 0 aliphatic carbocycles. The molecule has 2 N–H and O–H groups in total. The van der Waals surface area contributed by atoms with Gasteiger partial charge in [-0.05, 0) is 19.1 Å². The predicted octanol–water partition coefficient (Wildman–Crippen LogP) is 2.07. The third-order valence-electron chi connectivity index (χ3n) is 2.45. The topological polar surface area (TPSA) is 66.9 Å². The molecule has 1 amide bonds. The smallest absolute Gasteiger partial charge is 0.252 e. The molecule has 0 saturated carbocycles. The molecule has 18 heavy (non-hydrogen) atoms. The second-order valence-electron chi connectivity index (χ2n) is 3.75. The van der Waals surface area contributed by atoms with Gasteiger partial charge in [-0.1, -0.05) is 0 Å². The van der Waals surface area contributed by atoms with Crippen LogP contribution in [0.3, 0.4) is 0 Å². The van der Waals surface area contributed by atoms with Gasteiger partial charge in [0.2, 0.25) is 0 Å². The number of anilines is 1. The molecule has 0 spiro atoms. The van der Waals surface area contributed by atoms with Crippen molar-refractivity contribution in [3.05, 3.63) is 40.5 Å². The fourth-order valence-corrected chi connectivity index (χ4v) is 2.14. The second kappa shape index (κ2) is 5.59. The van der Waals surface area contributed by atoms with Gasteiger partial charge in [-0.25, -0.2) is 9.97 Å². The van der Waals surface area contributed by atoms with Crippen molar-refractivity contribution in [2.45, 2.75) is 13.0 Å². The van der Waals surface area contributed by atoms with Crippen molar-refractivity contribution in [2.75, 3.05) is 12.4 Å². The lowest BCUT2D eigenvalue weighted by molar-refractivity contribution is 0.0940. The molecule has 2 rings (SSSR count). The van der Waals surface area contributed by atoms with Crippen molar-refractivity contribution in [1.82, 2.24) is 15.3 Å². The molecule has 0 aliphatic heterocycles. The summed E-state index contributed by atoms with van der Waals surface area (Å²) in [6, 6.07) is 3.30. The first kappa shape index (κ1) is 12.5. The second-order valence-corrected chi connectivity index (χ2v) is 4.67. The first-order valence-electron chi connectivity index (χ1n) is 5.54. The van der Waals surface area contributed by atoms with Crippen molar-refractivity contribution in [2.24, 2.45) is 0 Å². The highest BCUT2D eigenvalue weighted by molar-refractivity contribution is 7.09. The first-order chi connectivity index (χ1) is 8.70. The number of hydrogen-bond acceptors (Lipinski definition) is 5. The lowest BCUT2D eigenvalue weighted by Gasteiger charge is -2.11. The molecule has 0 aliphatic rings. The molecule has 0 saturated heterocycles. The minimum Gasteiger partial charge on any atom is -0.373 e. The molecule has 0 fully saturated rings. The minimum atomic E-state index is -0.128. The van der Waals surface area contributed by atoms with Crippen LogP contribution >= 0.6 is 11.3 Å². The van der Waals surface area contributed by atoms with Crippen LogP contribution < -0.4 is 10.6 Å². The highest BCUT2D eigenvalue weighted by Gasteiger charge is 2.13. The standard InChI is InChI=1S/C12H14N4OS/c1-8(12-15-5-6-18-12)16-11(17)9-3-4-14-10(7-9)13-2/h3-8H,1-2H3,(H,13,14)(H,16,17). The Balaban J connectivity index is 2.07. The van der Waals surface area contributed by atoms with E-state index in [-0.39, 0.29) is 11.9 Å². The number of pyridine rings is 1. The van der Waals surface area contributed by atoms with Gasteiger partial charge in [0, 0.05) is 30.4 Å². The van der Waals surface area contributed by atoms with Gasteiger partial charge in [0.15, 0.2) is 0 Å². The van der Waals surface area contributed by atoms with Crippen molar-refractivity contribution in [3.8, 4) is 0 Å². The van der Waals surface area contributed by atoms with Gasteiger partial charge >= 0.3 is 0 Å². The van der Waals surface area contributed by atoms with Crippen LogP contribution in [-0.2, 0) is 0 Å². The monoisotopic (exact) mass is 262 g/mol. The molecule has 2 aromatic rings. The van der Waals surface area contributed by atoms with Crippen LogP contribution in [0.4, 0.5) is 5.82 Å². The average Bonchev–Trinajstić information content (AvgIpc) is 2.92. The summed E-state index contributed by atoms with van der Waals surface area (Å²) >= 11 is 1.53. The van der Waals surface area contributed by atoms with E-state index in [4.69, 9.17) is 0 Å². The molecular formula is C12H14N4OS. The summed E-state index contributed by atoms with van der Waals surface area (Å²) in [7, 11) is 1.77. The van der Waals surface area contributed by atoms with Crippen LogP contribution in [0.1, 0.15) is 28.3 Å². The summed E-state index contributed by atoms with van der Waals surface area (Å²) in [5.41, 5.74) is 0.581. The van der Waals surface area contributed by atoms with Gasteiger partial charge in [0.25, 0.3) is 5.91 Å². The van der Waals surface area contributed by atoms with Crippen LogP contribution in [0.25, 0.3) is 0 Å². The van der Waals surface area contributed by atoms with Gasteiger partial charge in [-0.3, -0.25) is 4.79 Å². The molecule has 0 bridgehead atoms. The number of carbonyl (C=O) groups excluding carboxylic acids is 1. The van der Waals surface area contributed by atoms with E-state index in [0.29, 0.717) is 11.4 Å². The van der Waals surface area contributed by atoms with E-state index in [0.717, 1.165) is 5.01 Å². The Kier molecular flexibility index (Phi) is 3.88. The molecule has 1 unspecified atom stereocenters. The summed E-state index contributed by atoms with van der Waals surface area (Å²) < 4.78 is 0. The Morgan fingerprint density at radius 1 is 1.39 bits per heavy atom. The number of nitrogens with one attached hydrogen (secondary N) is 2. The van der Waals surface area contributed by atoms with Gasteiger partial charge in [0.05, 0.1) is 6.04 Å². The minimum absolute atomic E-state index is 0.0938. The molecule has 5 nitrogen and oxygen atoms in total. The third-order valence-corrected chi connectivity index (χ3v) is 3.41. The van der Waals surface area contributed by atoms with Gasteiger partial charge in [0.1, 0.15) is 10.8 Å². The van der Waals surface area contributed by atoms with E-state index in [1.54, 1.807) is 31.6 Å². The molecule has 6 heteroatoms. The van der Waals surface area contributed by atoms with Crippen LogP contribution in [0, 0.1) is 0 Å². The normalized spacial score (nSPS) is 11.9. The van der Waals surface area contributed by atoms with Crippen molar-refractivity contribution >= 4 is 23.1 Å². The van der Waals surface area contributed by atoms with Crippen molar-refractivity contribution < 1.29 is 4.79 Å². The Morgan fingerprint density at radius 2 is 2.22 bits per heavy atom. The number of aromatic nitrogens is 2. The third kappa shape index (κ3) is 2.84. The molecule has 0 aromatic carbocycles. The zero-order chi connectivity index (χ0) is 13.0. The van der Waals surface area contributed by atoms with Crippen molar-refractivity contribution in [3.63, 3.8) is 0 Å². The molecule has 94 valence electrons. The van der Waals surface area contributed by atoms with E-state index < -0.39 is 0 Å². The van der Waals surface area contributed by atoms with Crippen molar-refractivity contribution in [1.29, 1.82) is 0 Å². The molecule has 1 atom stereocenters. The molecule has 0 radical (unpaired) electrons. The number of nitrogens with zero attached hydrogens (tertiary/aromatic N) is 2. The Labute approximate surface area is 109 Å². The fourth-order valence-electron chi connectivity index (χ4n) is 1.50. The SMILES string of the molecule is CNc1cc(C(=O)NC(C)c2nccs2)ccn1. The summed E-state index contributed by atoms with van der Waals surface area (Å²) in [6.07, 6.45) is 3.34. The molecule has 2 aromatic heterocycles. The van der Waals surface area contributed by atoms with E-state index in [1.165, 1.54) is 11.3 Å². The van der Waals surface area contributed by atoms with Crippen LogP contribution in [0.5, 0.6) is 0 Å². The maximum atomic E-state index is 12.0. The lowest BCUT2D eigenvalue weighted by atomic mass is 10.2. The quantitative estimate of drug-likeness (QED) is 0.885. The lowest BCUT2D eigenvalue weighted by Crippen LogP contribution is -2.26. The average molecular weight is 262 g/mol. The van der Waals surface area contributed by atoms with E-state index in [1.807, 2.05) is 12.3 Å². The van der Waals surface area contributed by atoms with E-state index >= 15 is 0 Å². The zero-order valence-electron chi connectivity index (χ0n) is 10.2. The predicted molar refractivity (Wildman–Crippen MR) is 71.8 cm³/mol. The van der Waals surface area contributed by atoms with Crippen LogP contribution in [-0.4, -0.2) is 22.9 Å². The highest BCUT2D eigenvalue weighted by atomic mass is 32.1. The van der Waals surface area contributed by atoms with E-state index in [9.17, 15) is 4.79 Å². The molecule has 2 heterocycles. The summed E-state index contributed by atoms with van der Waals surface area (Å²) in [6.45, 7) is 1.91. The maximum Gasteiger partial charge on any atom is 0.252 e. The first-order valence-corrected chi connectivity index (χ1v) is 6.42. The molecular weight excluding hydrogens is 248 g/mol.